The maximum atomic E-state index is 10.9. The van der Waals surface area contributed by atoms with Crippen LogP contribution in [0.5, 0.6) is 0 Å². The summed E-state index contributed by atoms with van der Waals surface area (Å²) in [6.45, 7) is 10.6. The molecule has 2 fully saturated rings. The summed E-state index contributed by atoms with van der Waals surface area (Å²) >= 11 is 0. The van der Waals surface area contributed by atoms with E-state index in [9.17, 15) is 4.79 Å². The molecule has 0 radical (unpaired) electrons. The van der Waals surface area contributed by atoms with E-state index >= 15 is 0 Å². The van der Waals surface area contributed by atoms with Gasteiger partial charge in [0.25, 0.3) is 0 Å². The Morgan fingerprint density at radius 2 is 1.69 bits per heavy atom. The van der Waals surface area contributed by atoms with Crippen LogP contribution >= 0.6 is 0 Å². The molecule has 2 aliphatic rings. The predicted molar refractivity (Wildman–Crippen MR) is 66.6 cm³/mol. The second-order valence-electron chi connectivity index (χ2n) is 3.78. The van der Waals surface area contributed by atoms with E-state index in [1.807, 2.05) is 27.7 Å². The van der Waals surface area contributed by atoms with E-state index in [2.05, 4.69) is 17.3 Å². The van der Waals surface area contributed by atoms with Gasteiger partial charge in [0, 0.05) is 13.1 Å². The first kappa shape index (κ1) is 15.2. The summed E-state index contributed by atoms with van der Waals surface area (Å²) in [5.41, 5.74) is -0.0381. The summed E-state index contributed by atoms with van der Waals surface area (Å²) < 4.78 is 4.91. The number of amides is 1. The first-order valence-corrected chi connectivity index (χ1v) is 6.34. The molecule has 2 rings (SSSR count). The fourth-order valence-electron chi connectivity index (χ4n) is 1.81. The zero-order chi connectivity index (χ0) is 12.6. The fraction of sp³-hybridized carbons (Fsp3) is 0.917. The first-order chi connectivity index (χ1) is 7.70. The van der Waals surface area contributed by atoms with Crippen molar-refractivity contribution in [2.45, 2.75) is 46.1 Å². The van der Waals surface area contributed by atoms with Gasteiger partial charge in [-0.05, 0) is 19.9 Å². The molecule has 0 atom stereocenters. The number of alkyl carbamates (subject to hydrolysis) is 1. The van der Waals surface area contributed by atoms with Crippen molar-refractivity contribution in [2.24, 2.45) is 0 Å². The molecule has 16 heavy (non-hydrogen) atoms. The van der Waals surface area contributed by atoms with Crippen molar-refractivity contribution in [3.05, 3.63) is 0 Å². The molecule has 2 aliphatic heterocycles. The minimum Gasteiger partial charge on any atom is -0.447 e. The van der Waals surface area contributed by atoms with E-state index in [0.717, 1.165) is 25.9 Å². The molecule has 2 saturated heterocycles. The smallest absolute Gasteiger partial charge is 0.407 e. The Hall–Kier alpha value is -0.770. The number of nitrogens with zero attached hydrogens (tertiary/aromatic N) is 1. The maximum absolute atomic E-state index is 10.9. The molecule has 4 heteroatoms. The highest BCUT2D eigenvalue weighted by Gasteiger charge is 2.41. The normalized spacial score (nSPS) is 22.2. The topological polar surface area (TPSA) is 41.6 Å². The fourth-order valence-corrected chi connectivity index (χ4v) is 1.81. The van der Waals surface area contributed by atoms with Gasteiger partial charge < -0.3 is 15.0 Å². The van der Waals surface area contributed by atoms with Crippen molar-refractivity contribution < 1.29 is 9.53 Å². The molecule has 1 N–H and O–H groups in total. The maximum Gasteiger partial charge on any atom is 0.407 e. The van der Waals surface area contributed by atoms with Crippen LogP contribution in [-0.2, 0) is 4.74 Å². The van der Waals surface area contributed by atoms with Crippen molar-refractivity contribution in [3.63, 3.8) is 0 Å². The molecule has 0 aromatic carbocycles. The molecule has 2 heterocycles. The molecule has 0 aromatic rings. The van der Waals surface area contributed by atoms with Crippen LogP contribution in [0, 0.1) is 0 Å². The van der Waals surface area contributed by atoms with Gasteiger partial charge in [0.2, 0.25) is 0 Å². The van der Waals surface area contributed by atoms with Crippen molar-refractivity contribution in [1.82, 2.24) is 10.2 Å². The molecule has 1 spiro atoms. The Balaban J connectivity index is 0.000000509. The third-order valence-electron chi connectivity index (χ3n) is 2.79. The van der Waals surface area contributed by atoms with Gasteiger partial charge in [0.15, 0.2) is 0 Å². The molecule has 96 valence electrons. The van der Waals surface area contributed by atoms with E-state index in [-0.39, 0.29) is 11.6 Å². The number of rotatable bonds is 0. The number of carbonyl (C=O) groups is 1. The van der Waals surface area contributed by atoms with Gasteiger partial charge in [-0.3, -0.25) is 0 Å². The third-order valence-corrected chi connectivity index (χ3v) is 2.79. The van der Waals surface area contributed by atoms with Gasteiger partial charge >= 0.3 is 6.09 Å². The molecule has 0 aliphatic carbocycles. The number of hydrogen-bond donors (Lipinski definition) is 1. The minimum atomic E-state index is -0.250. The van der Waals surface area contributed by atoms with Crippen LogP contribution in [0.4, 0.5) is 4.79 Å². The number of hydrogen-bond acceptors (Lipinski definition) is 3. The zero-order valence-corrected chi connectivity index (χ0v) is 11.3. The molecular formula is C12H26N2O2. The van der Waals surface area contributed by atoms with Crippen LogP contribution in [0.2, 0.25) is 0 Å². The first-order valence-electron chi connectivity index (χ1n) is 6.34. The number of likely N-dealkylation sites (tertiary alicyclic amines) is 1. The minimum absolute atomic E-state index is 0.0381. The quantitative estimate of drug-likeness (QED) is 0.694. The number of carbonyl (C=O) groups excluding carboxylic acids is 1. The summed E-state index contributed by atoms with van der Waals surface area (Å²) in [5.74, 6) is 0. The van der Waals surface area contributed by atoms with Crippen LogP contribution in [-0.4, -0.2) is 43.3 Å². The number of ether oxygens (including phenoxy) is 1. The number of piperidine rings is 1. The van der Waals surface area contributed by atoms with Gasteiger partial charge in [-0.2, -0.15) is 0 Å². The van der Waals surface area contributed by atoms with Crippen LogP contribution in [0.25, 0.3) is 0 Å². The molecule has 0 aromatic heterocycles. The van der Waals surface area contributed by atoms with E-state index in [4.69, 9.17) is 4.74 Å². The Labute approximate surface area is 99.3 Å². The summed E-state index contributed by atoms with van der Waals surface area (Å²) in [6, 6.07) is 0. The van der Waals surface area contributed by atoms with Gasteiger partial charge in [-0.1, -0.05) is 27.7 Å². The van der Waals surface area contributed by atoms with Gasteiger partial charge in [0.1, 0.15) is 6.61 Å². The Bertz CT molecular complexity index is 199. The summed E-state index contributed by atoms with van der Waals surface area (Å²) in [5, 5.41) is 2.90. The zero-order valence-electron chi connectivity index (χ0n) is 11.3. The summed E-state index contributed by atoms with van der Waals surface area (Å²) in [4.78, 5) is 13.1. The predicted octanol–water partition coefficient (Wildman–Crippen LogP) is 2.24. The average Bonchev–Trinajstić information content (AvgIpc) is 2.71. The van der Waals surface area contributed by atoms with Gasteiger partial charge in [-0.25, -0.2) is 4.79 Å². The highest BCUT2D eigenvalue weighted by atomic mass is 16.6. The van der Waals surface area contributed by atoms with Crippen LogP contribution < -0.4 is 5.32 Å². The highest BCUT2D eigenvalue weighted by molar-refractivity contribution is 5.70. The molecule has 1 amide bonds. The van der Waals surface area contributed by atoms with E-state index in [1.54, 1.807) is 0 Å². The standard InChI is InChI=1S/C8H14N2O2.2C2H6/c1-10-4-2-8(3-5-10)6-12-7(11)9-8;2*1-2/h2-6H2,1H3,(H,9,11);2*1-2H3. The SMILES string of the molecule is CC.CC.CN1CCC2(CC1)COC(=O)N2. The van der Waals surface area contributed by atoms with E-state index < -0.39 is 0 Å². The monoisotopic (exact) mass is 230 g/mol. The summed E-state index contributed by atoms with van der Waals surface area (Å²) in [6.07, 6.45) is 1.77. The Morgan fingerprint density at radius 1 is 1.19 bits per heavy atom. The van der Waals surface area contributed by atoms with Crippen molar-refractivity contribution in [1.29, 1.82) is 0 Å². The van der Waals surface area contributed by atoms with Crippen LogP contribution in [0.3, 0.4) is 0 Å². The van der Waals surface area contributed by atoms with Crippen LogP contribution in [0.1, 0.15) is 40.5 Å². The second-order valence-corrected chi connectivity index (χ2v) is 3.78. The molecule has 0 saturated carbocycles. The lowest BCUT2D eigenvalue weighted by molar-refractivity contribution is 0.143. The molecule has 0 bridgehead atoms. The number of nitrogens with one attached hydrogen (secondary N) is 1. The molecule has 4 nitrogen and oxygen atoms in total. The van der Waals surface area contributed by atoms with E-state index in [0.29, 0.717) is 6.61 Å². The Kier molecular flexibility index (Phi) is 7.13. The van der Waals surface area contributed by atoms with E-state index in [1.165, 1.54) is 0 Å². The lowest BCUT2D eigenvalue weighted by atomic mass is 9.89. The van der Waals surface area contributed by atoms with Crippen molar-refractivity contribution in [3.8, 4) is 0 Å². The van der Waals surface area contributed by atoms with Gasteiger partial charge in [0.05, 0.1) is 5.54 Å². The Morgan fingerprint density at radius 3 is 2.06 bits per heavy atom. The van der Waals surface area contributed by atoms with Crippen molar-refractivity contribution in [2.75, 3.05) is 26.7 Å². The largest absolute Gasteiger partial charge is 0.447 e. The molecular weight excluding hydrogens is 204 g/mol. The highest BCUT2D eigenvalue weighted by Crippen LogP contribution is 2.25. The summed E-state index contributed by atoms with van der Waals surface area (Å²) in [7, 11) is 2.10. The molecule has 0 unspecified atom stereocenters. The lowest BCUT2D eigenvalue weighted by Gasteiger charge is -2.35. The number of cyclic esters (lactones) is 1. The average molecular weight is 230 g/mol. The lowest BCUT2D eigenvalue weighted by Crippen LogP contribution is -2.51. The third kappa shape index (κ3) is 4.00. The van der Waals surface area contributed by atoms with Gasteiger partial charge in [-0.15, -0.1) is 0 Å². The second kappa shape index (κ2) is 7.49. The van der Waals surface area contributed by atoms with Crippen molar-refractivity contribution >= 4 is 6.09 Å². The van der Waals surface area contributed by atoms with Crippen LogP contribution in [0.15, 0.2) is 0 Å².